The molecule has 0 saturated heterocycles. The number of aromatic nitrogens is 3. The van der Waals surface area contributed by atoms with Gasteiger partial charge in [0.25, 0.3) is 0 Å². The predicted octanol–water partition coefficient (Wildman–Crippen LogP) is 10.1. The van der Waals surface area contributed by atoms with E-state index in [1.807, 2.05) is 61.5 Å². The number of para-hydroxylation sites is 2. The lowest BCUT2D eigenvalue weighted by Crippen LogP contribution is -2.34. The molecule has 278 valence electrons. The van der Waals surface area contributed by atoms with E-state index in [2.05, 4.69) is 10.3 Å². The average Bonchev–Trinajstić information content (AvgIpc) is 3.60. The molecule has 0 aliphatic heterocycles. The highest BCUT2D eigenvalue weighted by Gasteiger charge is 2.27. The predicted molar refractivity (Wildman–Crippen MR) is 214 cm³/mol. The number of ether oxygens (including phenoxy) is 3. The fourth-order valence-electron chi connectivity index (χ4n) is 6.38. The first kappa shape index (κ1) is 37.3. The van der Waals surface area contributed by atoms with Crippen molar-refractivity contribution in [3.63, 3.8) is 0 Å². The summed E-state index contributed by atoms with van der Waals surface area (Å²) in [7, 11) is 1.61. The molecule has 1 atom stereocenters. The van der Waals surface area contributed by atoms with Crippen molar-refractivity contribution in [2.45, 2.75) is 32.9 Å². The van der Waals surface area contributed by atoms with Gasteiger partial charge in [-0.15, -0.1) is 11.3 Å². The summed E-state index contributed by atoms with van der Waals surface area (Å²) in [5.74, 6) is 1.34. The lowest BCUT2D eigenvalue weighted by Gasteiger charge is -2.21. The number of carbonyl (C=O) groups is 1. The zero-order valence-electron chi connectivity index (χ0n) is 30.2. The van der Waals surface area contributed by atoms with Crippen LogP contribution in [0.2, 0.25) is 5.02 Å². The lowest BCUT2D eigenvalue weighted by atomic mass is 9.95. The van der Waals surface area contributed by atoms with Crippen LogP contribution >= 0.6 is 22.9 Å². The molecule has 7 rings (SSSR count). The molecule has 0 bridgehead atoms. The average molecular weight is 775 g/mol. The maximum Gasteiger partial charge on any atom is 0.328 e. The van der Waals surface area contributed by atoms with E-state index in [0.717, 1.165) is 42.8 Å². The number of hydrogen-bond donors (Lipinski definition) is 2. The van der Waals surface area contributed by atoms with Crippen molar-refractivity contribution in [2.75, 3.05) is 19.0 Å². The molecule has 3 heterocycles. The molecule has 0 spiro atoms. The molecule has 0 amide bonds. The number of phenolic OH excluding ortho intramolecular Hbond substituents is 1. The smallest absolute Gasteiger partial charge is 0.328 e. The molecule has 55 heavy (non-hydrogen) atoms. The number of carbonyl (C=O) groups excluding carboxylic acids is 1. The Morgan fingerprint density at radius 3 is 2.45 bits per heavy atom. The molecule has 0 fully saturated rings. The summed E-state index contributed by atoms with van der Waals surface area (Å²) < 4.78 is 32.3. The number of pyridine rings is 1. The van der Waals surface area contributed by atoms with Crippen molar-refractivity contribution < 1.29 is 28.5 Å². The molecular weight excluding hydrogens is 739 g/mol. The van der Waals surface area contributed by atoms with Gasteiger partial charge in [0, 0.05) is 39.3 Å². The Bertz CT molecular complexity index is 2490. The van der Waals surface area contributed by atoms with Gasteiger partial charge in [-0.25, -0.2) is 24.1 Å². The van der Waals surface area contributed by atoms with Crippen molar-refractivity contribution in [3.05, 3.63) is 137 Å². The van der Waals surface area contributed by atoms with Gasteiger partial charge >= 0.3 is 5.97 Å². The largest absolute Gasteiger partial charge is 0.506 e. The summed E-state index contributed by atoms with van der Waals surface area (Å²) in [5, 5.41) is 14.8. The first-order valence-electron chi connectivity index (χ1n) is 17.5. The van der Waals surface area contributed by atoms with E-state index < -0.39 is 12.0 Å². The molecule has 0 aliphatic carbocycles. The minimum Gasteiger partial charge on any atom is -0.506 e. The Morgan fingerprint density at radius 1 is 0.927 bits per heavy atom. The zero-order chi connectivity index (χ0) is 38.5. The van der Waals surface area contributed by atoms with E-state index in [0.29, 0.717) is 34.4 Å². The highest BCUT2D eigenvalue weighted by Crippen LogP contribution is 2.49. The number of anilines is 1. The maximum absolute atomic E-state index is 14.1. The van der Waals surface area contributed by atoms with Crippen LogP contribution in [-0.4, -0.2) is 45.8 Å². The van der Waals surface area contributed by atoms with Gasteiger partial charge in [-0.05, 0) is 84.6 Å². The van der Waals surface area contributed by atoms with Crippen molar-refractivity contribution >= 4 is 44.8 Å². The SMILES string of the molecule is CCOC(=O)[C@@H](Cc1ccccc1OCc1ccnc(-c2ccccc2OC)n1)Nc1nccc2sc(-c3ccc(F)cc3)c(-c3ccc(O)c(Cl)c3C)c12. The van der Waals surface area contributed by atoms with Gasteiger partial charge in [-0.1, -0.05) is 60.1 Å². The molecule has 3 aromatic heterocycles. The fraction of sp³-hybridized carbons (Fsp3) is 0.163. The fourth-order valence-corrected chi connectivity index (χ4v) is 7.76. The normalized spacial score (nSPS) is 11.7. The third-order valence-electron chi connectivity index (χ3n) is 9.06. The monoisotopic (exact) mass is 774 g/mol. The number of benzene rings is 4. The molecule has 12 heteroatoms. The third kappa shape index (κ3) is 7.94. The molecule has 9 nitrogen and oxygen atoms in total. The van der Waals surface area contributed by atoms with Crippen LogP contribution in [0.3, 0.4) is 0 Å². The van der Waals surface area contributed by atoms with Gasteiger partial charge in [0.1, 0.15) is 41.5 Å². The molecular formula is C43H36ClFN4O5S. The Labute approximate surface area is 326 Å². The molecule has 7 aromatic rings. The zero-order valence-corrected chi connectivity index (χ0v) is 31.7. The van der Waals surface area contributed by atoms with Crippen molar-refractivity contribution in [3.8, 4) is 50.2 Å². The summed E-state index contributed by atoms with van der Waals surface area (Å²) in [6, 6.07) is 27.5. The topological polar surface area (TPSA) is 116 Å². The van der Waals surface area contributed by atoms with Crippen molar-refractivity contribution in [2.24, 2.45) is 0 Å². The summed E-state index contributed by atoms with van der Waals surface area (Å²) in [6.07, 6.45) is 3.56. The number of esters is 1. The standard InChI is InChI=1S/C43H36ClFN4O5S/c1-4-53-43(51)32(23-27-9-5-7-11-34(27)54-24-29-19-21-46-41(48-29)31-10-6-8-12-35(31)52-3)49-42-38-36(20-22-47-42)55-40(26-13-15-28(45)16-14-26)37(38)30-17-18-33(50)39(44)25(30)2/h5-22,32,50H,4,23-24H2,1-3H3,(H,47,49)/t32-/m1/s1. The number of hydrogen-bond acceptors (Lipinski definition) is 10. The van der Waals surface area contributed by atoms with Gasteiger partial charge in [0.2, 0.25) is 0 Å². The van der Waals surface area contributed by atoms with Crippen LogP contribution in [0.15, 0.2) is 109 Å². The van der Waals surface area contributed by atoms with Crippen LogP contribution in [0.5, 0.6) is 17.2 Å². The molecule has 4 aromatic carbocycles. The second kappa shape index (κ2) is 16.5. The number of methoxy groups -OCH3 is 1. The van der Waals surface area contributed by atoms with E-state index in [1.165, 1.54) is 23.5 Å². The number of nitrogens with one attached hydrogen (secondary N) is 1. The van der Waals surface area contributed by atoms with Gasteiger partial charge in [-0.3, -0.25) is 0 Å². The Balaban J connectivity index is 1.24. The van der Waals surface area contributed by atoms with Crippen LogP contribution in [-0.2, 0) is 22.6 Å². The minimum atomic E-state index is -0.870. The molecule has 0 saturated carbocycles. The number of halogens is 2. The van der Waals surface area contributed by atoms with Crippen molar-refractivity contribution in [1.29, 1.82) is 0 Å². The quantitative estimate of drug-likeness (QED) is 0.110. The number of phenols is 1. The van der Waals surface area contributed by atoms with Crippen molar-refractivity contribution in [1.82, 2.24) is 15.0 Å². The highest BCUT2D eigenvalue weighted by molar-refractivity contribution is 7.23. The summed E-state index contributed by atoms with van der Waals surface area (Å²) in [4.78, 5) is 28.5. The number of aromatic hydroxyl groups is 1. The first-order chi connectivity index (χ1) is 26.7. The minimum absolute atomic E-state index is 0.0397. The van der Waals surface area contributed by atoms with E-state index in [1.54, 1.807) is 56.8 Å². The number of rotatable bonds is 13. The lowest BCUT2D eigenvalue weighted by molar-refractivity contribution is -0.144. The van der Waals surface area contributed by atoms with E-state index >= 15 is 0 Å². The summed E-state index contributed by atoms with van der Waals surface area (Å²) in [6.45, 7) is 3.92. The molecule has 2 N–H and O–H groups in total. The highest BCUT2D eigenvalue weighted by atomic mass is 35.5. The first-order valence-corrected chi connectivity index (χ1v) is 18.7. The number of thiophene rings is 1. The molecule has 0 unspecified atom stereocenters. The van der Waals surface area contributed by atoms with E-state index in [-0.39, 0.29) is 36.2 Å². The molecule has 0 aliphatic rings. The maximum atomic E-state index is 14.1. The van der Waals surface area contributed by atoms with Crippen LogP contribution in [0.1, 0.15) is 23.7 Å². The van der Waals surface area contributed by atoms with E-state index in [9.17, 15) is 14.3 Å². The number of fused-ring (bicyclic) bond motifs is 1. The van der Waals surface area contributed by atoms with Crippen LogP contribution < -0.4 is 14.8 Å². The second-order valence-electron chi connectivity index (χ2n) is 12.5. The van der Waals surface area contributed by atoms with Crippen LogP contribution in [0.4, 0.5) is 10.2 Å². The molecule has 0 radical (unpaired) electrons. The Hall–Kier alpha value is -6.04. The van der Waals surface area contributed by atoms with Crippen LogP contribution in [0.25, 0.3) is 43.0 Å². The third-order valence-corrected chi connectivity index (χ3v) is 10.7. The second-order valence-corrected chi connectivity index (χ2v) is 14.0. The summed E-state index contributed by atoms with van der Waals surface area (Å²) in [5.41, 5.74) is 5.18. The van der Waals surface area contributed by atoms with Gasteiger partial charge < -0.3 is 24.6 Å². The Kier molecular flexibility index (Phi) is 11.2. The van der Waals surface area contributed by atoms with Gasteiger partial charge in [0.15, 0.2) is 5.82 Å². The number of nitrogens with zero attached hydrogens (tertiary/aromatic N) is 3. The van der Waals surface area contributed by atoms with E-state index in [4.69, 9.17) is 35.8 Å². The Morgan fingerprint density at radius 2 is 1.67 bits per heavy atom. The summed E-state index contributed by atoms with van der Waals surface area (Å²) >= 11 is 8.08. The van der Waals surface area contributed by atoms with Crippen LogP contribution in [0, 0.1) is 12.7 Å². The van der Waals surface area contributed by atoms with Gasteiger partial charge in [-0.2, -0.15) is 0 Å². The van der Waals surface area contributed by atoms with Gasteiger partial charge in [0.05, 0.1) is 30.0 Å².